The molecule has 0 bridgehead atoms. The minimum absolute atomic E-state index is 0.654. The molecule has 0 amide bonds. The van der Waals surface area contributed by atoms with Crippen molar-refractivity contribution in [3.05, 3.63) is 28.8 Å². The molecule has 0 saturated carbocycles. The van der Waals surface area contributed by atoms with E-state index in [0.717, 1.165) is 30.0 Å². The normalized spacial score (nSPS) is 9.88. The molecular formula is C13H18N2O. The van der Waals surface area contributed by atoms with Gasteiger partial charge in [0.25, 0.3) is 0 Å². The number of rotatable bonds is 5. The number of likely N-dealkylation sites (N-methyl/N-ethyl adjacent to an activating group) is 1. The minimum atomic E-state index is 0.654. The molecule has 0 spiro atoms. The number of aryl methyl sites for hydroxylation is 2. The fourth-order valence-corrected chi connectivity index (χ4v) is 1.64. The topological polar surface area (TPSA) is 45.0 Å². The fourth-order valence-electron chi connectivity index (χ4n) is 1.64. The average Bonchev–Trinajstić information content (AvgIpc) is 2.26. The van der Waals surface area contributed by atoms with Crippen LogP contribution in [0.5, 0.6) is 5.75 Å². The van der Waals surface area contributed by atoms with Crippen LogP contribution >= 0.6 is 0 Å². The quantitative estimate of drug-likeness (QED) is 0.770. The van der Waals surface area contributed by atoms with Gasteiger partial charge in [0.1, 0.15) is 12.4 Å². The molecule has 0 saturated heterocycles. The van der Waals surface area contributed by atoms with Gasteiger partial charge in [0.05, 0.1) is 11.6 Å². The Morgan fingerprint density at radius 3 is 2.44 bits per heavy atom. The van der Waals surface area contributed by atoms with Gasteiger partial charge >= 0.3 is 0 Å². The predicted molar refractivity (Wildman–Crippen MR) is 64.7 cm³/mol. The van der Waals surface area contributed by atoms with Gasteiger partial charge in [-0.25, -0.2) is 0 Å². The number of nitrogens with zero attached hydrogens (tertiary/aromatic N) is 1. The molecule has 3 nitrogen and oxygen atoms in total. The SMILES string of the molecule is CCNCCOc1c(C)cc(C#N)cc1C. The summed E-state index contributed by atoms with van der Waals surface area (Å²) in [4.78, 5) is 0. The Morgan fingerprint density at radius 1 is 1.31 bits per heavy atom. The lowest BCUT2D eigenvalue weighted by molar-refractivity contribution is 0.311. The van der Waals surface area contributed by atoms with Gasteiger partial charge in [-0.2, -0.15) is 5.26 Å². The van der Waals surface area contributed by atoms with Crippen LogP contribution in [0.1, 0.15) is 23.6 Å². The molecule has 1 aromatic rings. The van der Waals surface area contributed by atoms with Crippen molar-refractivity contribution in [3.8, 4) is 11.8 Å². The first-order valence-electron chi connectivity index (χ1n) is 5.54. The lowest BCUT2D eigenvalue weighted by atomic mass is 10.1. The van der Waals surface area contributed by atoms with Crippen molar-refractivity contribution in [2.75, 3.05) is 19.7 Å². The summed E-state index contributed by atoms with van der Waals surface area (Å²) in [5.74, 6) is 0.900. The van der Waals surface area contributed by atoms with Gasteiger partial charge < -0.3 is 10.1 Å². The smallest absolute Gasteiger partial charge is 0.125 e. The lowest BCUT2D eigenvalue weighted by Crippen LogP contribution is -2.20. The Balaban J connectivity index is 2.70. The van der Waals surface area contributed by atoms with Crippen LogP contribution in [0.25, 0.3) is 0 Å². The van der Waals surface area contributed by atoms with E-state index in [1.807, 2.05) is 26.0 Å². The molecular weight excluding hydrogens is 200 g/mol. The molecule has 1 rings (SSSR count). The van der Waals surface area contributed by atoms with Gasteiger partial charge in [-0.1, -0.05) is 6.92 Å². The van der Waals surface area contributed by atoms with Crippen LogP contribution in [0.2, 0.25) is 0 Å². The van der Waals surface area contributed by atoms with Gasteiger partial charge in [0.2, 0.25) is 0 Å². The maximum absolute atomic E-state index is 8.82. The highest BCUT2D eigenvalue weighted by Crippen LogP contribution is 2.24. The number of hydrogen-bond donors (Lipinski definition) is 1. The monoisotopic (exact) mass is 218 g/mol. The van der Waals surface area contributed by atoms with Crippen molar-refractivity contribution in [1.29, 1.82) is 5.26 Å². The second-order valence-corrected chi connectivity index (χ2v) is 3.75. The van der Waals surface area contributed by atoms with Gasteiger partial charge in [0.15, 0.2) is 0 Å². The molecule has 0 radical (unpaired) electrons. The van der Waals surface area contributed by atoms with Gasteiger partial charge in [-0.15, -0.1) is 0 Å². The number of benzene rings is 1. The predicted octanol–water partition coefficient (Wildman–Crippen LogP) is 2.16. The van der Waals surface area contributed by atoms with E-state index in [1.54, 1.807) is 0 Å². The molecule has 0 fully saturated rings. The first kappa shape index (κ1) is 12.5. The molecule has 0 aliphatic rings. The zero-order valence-corrected chi connectivity index (χ0v) is 10.1. The number of nitrogens with one attached hydrogen (secondary N) is 1. The standard InChI is InChI=1S/C13H18N2O/c1-4-15-5-6-16-13-10(2)7-12(9-14)8-11(13)3/h7-8,15H,4-6H2,1-3H3. The van der Waals surface area contributed by atoms with Crippen molar-refractivity contribution < 1.29 is 4.74 Å². The molecule has 1 N–H and O–H groups in total. The Labute approximate surface area is 97.0 Å². The van der Waals surface area contributed by atoms with E-state index in [2.05, 4.69) is 18.3 Å². The summed E-state index contributed by atoms with van der Waals surface area (Å²) in [6.07, 6.45) is 0. The summed E-state index contributed by atoms with van der Waals surface area (Å²) in [7, 11) is 0. The number of ether oxygens (including phenoxy) is 1. The first-order valence-corrected chi connectivity index (χ1v) is 5.54. The molecule has 86 valence electrons. The average molecular weight is 218 g/mol. The van der Waals surface area contributed by atoms with E-state index >= 15 is 0 Å². The van der Waals surface area contributed by atoms with Crippen molar-refractivity contribution in [2.24, 2.45) is 0 Å². The van der Waals surface area contributed by atoms with Gasteiger partial charge in [0, 0.05) is 6.54 Å². The van der Waals surface area contributed by atoms with E-state index in [4.69, 9.17) is 10.00 Å². The van der Waals surface area contributed by atoms with Gasteiger partial charge in [-0.3, -0.25) is 0 Å². The molecule has 0 aromatic heterocycles. The fraction of sp³-hybridized carbons (Fsp3) is 0.462. The third kappa shape index (κ3) is 3.25. The van der Waals surface area contributed by atoms with Gasteiger partial charge in [-0.05, 0) is 43.7 Å². The van der Waals surface area contributed by atoms with E-state index in [1.165, 1.54) is 0 Å². The second-order valence-electron chi connectivity index (χ2n) is 3.75. The van der Waals surface area contributed by atoms with E-state index in [-0.39, 0.29) is 0 Å². The maximum atomic E-state index is 8.82. The summed E-state index contributed by atoms with van der Waals surface area (Å²) < 4.78 is 5.70. The Morgan fingerprint density at radius 2 is 1.94 bits per heavy atom. The second kappa shape index (κ2) is 6.14. The summed E-state index contributed by atoms with van der Waals surface area (Å²) in [5, 5.41) is 12.0. The van der Waals surface area contributed by atoms with E-state index < -0.39 is 0 Å². The Kier molecular flexibility index (Phi) is 4.81. The van der Waals surface area contributed by atoms with Crippen molar-refractivity contribution in [1.82, 2.24) is 5.32 Å². The van der Waals surface area contributed by atoms with Crippen LogP contribution in [0.15, 0.2) is 12.1 Å². The zero-order chi connectivity index (χ0) is 12.0. The first-order chi connectivity index (χ1) is 7.69. The van der Waals surface area contributed by atoms with Crippen LogP contribution in [0.4, 0.5) is 0 Å². The third-order valence-electron chi connectivity index (χ3n) is 2.36. The molecule has 0 unspecified atom stereocenters. The maximum Gasteiger partial charge on any atom is 0.125 e. The van der Waals surface area contributed by atoms with Crippen LogP contribution in [-0.2, 0) is 0 Å². The number of nitriles is 1. The Bertz CT molecular complexity index is 370. The summed E-state index contributed by atoms with van der Waals surface area (Å²) in [6.45, 7) is 8.45. The highest BCUT2D eigenvalue weighted by Gasteiger charge is 2.05. The van der Waals surface area contributed by atoms with Crippen LogP contribution in [-0.4, -0.2) is 19.7 Å². The minimum Gasteiger partial charge on any atom is -0.492 e. The van der Waals surface area contributed by atoms with Crippen LogP contribution in [0.3, 0.4) is 0 Å². The highest BCUT2D eigenvalue weighted by molar-refractivity contribution is 5.47. The van der Waals surface area contributed by atoms with Crippen molar-refractivity contribution in [3.63, 3.8) is 0 Å². The molecule has 16 heavy (non-hydrogen) atoms. The van der Waals surface area contributed by atoms with E-state index in [0.29, 0.717) is 12.2 Å². The zero-order valence-electron chi connectivity index (χ0n) is 10.1. The van der Waals surface area contributed by atoms with Crippen molar-refractivity contribution >= 4 is 0 Å². The lowest BCUT2D eigenvalue weighted by Gasteiger charge is -2.12. The van der Waals surface area contributed by atoms with Crippen molar-refractivity contribution in [2.45, 2.75) is 20.8 Å². The summed E-state index contributed by atoms with van der Waals surface area (Å²) in [6, 6.07) is 5.86. The summed E-state index contributed by atoms with van der Waals surface area (Å²) >= 11 is 0. The van der Waals surface area contributed by atoms with Crippen LogP contribution in [0, 0.1) is 25.2 Å². The molecule has 0 aliphatic carbocycles. The summed E-state index contributed by atoms with van der Waals surface area (Å²) in [5.41, 5.74) is 2.73. The molecule has 0 atom stereocenters. The largest absolute Gasteiger partial charge is 0.492 e. The molecule has 3 heteroatoms. The van der Waals surface area contributed by atoms with Crippen LogP contribution < -0.4 is 10.1 Å². The molecule has 0 aliphatic heterocycles. The Hall–Kier alpha value is -1.53. The number of hydrogen-bond acceptors (Lipinski definition) is 3. The molecule has 0 heterocycles. The molecule has 1 aromatic carbocycles. The third-order valence-corrected chi connectivity index (χ3v) is 2.36. The van der Waals surface area contributed by atoms with E-state index in [9.17, 15) is 0 Å². The highest BCUT2D eigenvalue weighted by atomic mass is 16.5.